The molecule has 3 heteroatoms. The second kappa shape index (κ2) is 3.72. The van der Waals surface area contributed by atoms with Gasteiger partial charge in [0, 0.05) is 11.8 Å². The largest absolute Gasteiger partial charge is 0.396 e. The summed E-state index contributed by atoms with van der Waals surface area (Å²) in [6, 6.07) is 0. The molecular weight excluding hydrogens is 192 g/mol. The number of hydrogen-bond donors (Lipinski definition) is 2. The van der Waals surface area contributed by atoms with E-state index in [0.29, 0.717) is 13.0 Å². The SMILES string of the molecule is CC(C)C(C)(CO)C1(O)COC(C)(C)C1. The highest BCUT2D eigenvalue weighted by Crippen LogP contribution is 2.47. The molecule has 0 spiro atoms. The molecule has 15 heavy (non-hydrogen) atoms. The first-order valence-corrected chi connectivity index (χ1v) is 5.64. The number of ether oxygens (including phenoxy) is 1. The Morgan fingerprint density at radius 1 is 1.40 bits per heavy atom. The van der Waals surface area contributed by atoms with Crippen molar-refractivity contribution in [3.05, 3.63) is 0 Å². The number of aliphatic hydroxyl groups excluding tert-OH is 1. The second-order valence-electron chi connectivity index (χ2n) is 5.99. The molecule has 0 amide bonds. The van der Waals surface area contributed by atoms with Crippen LogP contribution >= 0.6 is 0 Å². The Morgan fingerprint density at radius 3 is 2.20 bits per heavy atom. The van der Waals surface area contributed by atoms with Crippen LogP contribution in [0.3, 0.4) is 0 Å². The van der Waals surface area contributed by atoms with E-state index in [2.05, 4.69) is 0 Å². The summed E-state index contributed by atoms with van der Waals surface area (Å²) in [4.78, 5) is 0. The fourth-order valence-corrected chi connectivity index (χ4v) is 2.35. The van der Waals surface area contributed by atoms with E-state index in [-0.39, 0.29) is 18.1 Å². The Morgan fingerprint density at radius 2 is 1.93 bits per heavy atom. The summed E-state index contributed by atoms with van der Waals surface area (Å²) in [7, 11) is 0. The zero-order chi connectivity index (χ0) is 11.9. The van der Waals surface area contributed by atoms with Gasteiger partial charge in [0.25, 0.3) is 0 Å². The van der Waals surface area contributed by atoms with Gasteiger partial charge in [0.2, 0.25) is 0 Å². The standard InChI is InChI=1S/C12H24O3/c1-9(2)11(5,7-13)12(14)6-10(3,4)15-8-12/h9,13-14H,6-8H2,1-5H3. The van der Waals surface area contributed by atoms with E-state index >= 15 is 0 Å². The zero-order valence-electron chi connectivity index (χ0n) is 10.5. The van der Waals surface area contributed by atoms with Crippen molar-refractivity contribution >= 4 is 0 Å². The number of hydrogen-bond acceptors (Lipinski definition) is 3. The van der Waals surface area contributed by atoms with Crippen molar-refractivity contribution in [2.75, 3.05) is 13.2 Å². The Balaban J connectivity index is 2.95. The predicted octanol–water partition coefficient (Wildman–Crippen LogP) is 1.57. The summed E-state index contributed by atoms with van der Waals surface area (Å²) >= 11 is 0. The van der Waals surface area contributed by atoms with Gasteiger partial charge in [-0.25, -0.2) is 0 Å². The molecule has 0 bridgehead atoms. The molecular formula is C12H24O3. The van der Waals surface area contributed by atoms with Crippen LogP contribution in [0.1, 0.15) is 41.0 Å². The van der Waals surface area contributed by atoms with Gasteiger partial charge in [0.05, 0.1) is 24.4 Å². The van der Waals surface area contributed by atoms with Crippen molar-refractivity contribution in [2.45, 2.75) is 52.2 Å². The zero-order valence-corrected chi connectivity index (χ0v) is 10.5. The molecule has 3 nitrogen and oxygen atoms in total. The summed E-state index contributed by atoms with van der Waals surface area (Å²) in [5.74, 6) is 0.213. The Bertz CT molecular complexity index is 237. The summed E-state index contributed by atoms with van der Waals surface area (Å²) in [5, 5.41) is 20.2. The minimum absolute atomic E-state index is 0.0133. The second-order valence-corrected chi connectivity index (χ2v) is 5.99. The first-order chi connectivity index (χ1) is 6.67. The third-order valence-corrected chi connectivity index (χ3v) is 4.09. The predicted molar refractivity (Wildman–Crippen MR) is 59.6 cm³/mol. The molecule has 90 valence electrons. The Hall–Kier alpha value is -0.120. The fourth-order valence-electron chi connectivity index (χ4n) is 2.35. The van der Waals surface area contributed by atoms with Gasteiger partial charge < -0.3 is 14.9 Å². The molecule has 1 saturated heterocycles. The smallest absolute Gasteiger partial charge is 0.0985 e. The molecule has 0 saturated carbocycles. The molecule has 1 heterocycles. The quantitative estimate of drug-likeness (QED) is 0.753. The lowest BCUT2D eigenvalue weighted by molar-refractivity contribution is -0.123. The topological polar surface area (TPSA) is 49.7 Å². The van der Waals surface area contributed by atoms with E-state index in [1.807, 2.05) is 34.6 Å². The Labute approximate surface area is 92.4 Å². The maximum Gasteiger partial charge on any atom is 0.0985 e. The van der Waals surface area contributed by atoms with E-state index in [9.17, 15) is 10.2 Å². The van der Waals surface area contributed by atoms with Crippen molar-refractivity contribution < 1.29 is 14.9 Å². The summed E-state index contributed by atoms with van der Waals surface area (Å²) in [5.41, 5.74) is -1.71. The van der Waals surface area contributed by atoms with E-state index < -0.39 is 11.0 Å². The van der Waals surface area contributed by atoms with Crippen molar-refractivity contribution in [1.82, 2.24) is 0 Å². The molecule has 0 aromatic heterocycles. The molecule has 1 rings (SSSR count). The van der Waals surface area contributed by atoms with Crippen LogP contribution < -0.4 is 0 Å². The van der Waals surface area contributed by atoms with Crippen LogP contribution in [0, 0.1) is 11.3 Å². The lowest BCUT2D eigenvalue weighted by atomic mass is 9.65. The van der Waals surface area contributed by atoms with Crippen LogP contribution in [0.5, 0.6) is 0 Å². The van der Waals surface area contributed by atoms with E-state index in [1.165, 1.54) is 0 Å². The van der Waals surface area contributed by atoms with Gasteiger partial charge in [-0.3, -0.25) is 0 Å². The highest BCUT2D eigenvalue weighted by Gasteiger charge is 2.55. The van der Waals surface area contributed by atoms with Gasteiger partial charge in [-0.15, -0.1) is 0 Å². The first kappa shape index (κ1) is 12.9. The minimum atomic E-state index is -0.917. The van der Waals surface area contributed by atoms with Crippen molar-refractivity contribution in [3.8, 4) is 0 Å². The molecule has 0 aromatic carbocycles. The average molecular weight is 216 g/mol. The third kappa shape index (κ3) is 2.05. The highest BCUT2D eigenvalue weighted by atomic mass is 16.5. The van der Waals surface area contributed by atoms with Gasteiger partial charge in [-0.05, 0) is 19.8 Å². The average Bonchev–Trinajstić information content (AvgIpc) is 2.40. The molecule has 0 radical (unpaired) electrons. The normalized spacial score (nSPS) is 34.4. The number of rotatable bonds is 3. The molecule has 1 aliphatic heterocycles. The fraction of sp³-hybridized carbons (Fsp3) is 1.00. The van der Waals surface area contributed by atoms with Crippen LogP contribution in [0.2, 0.25) is 0 Å². The molecule has 2 atom stereocenters. The molecule has 0 aliphatic carbocycles. The van der Waals surface area contributed by atoms with Crippen molar-refractivity contribution in [1.29, 1.82) is 0 Å². The van der Waals surface area contributed by atoms with Crippen LogP contribution in [0.4, 0.5) is 0 Å². The molecule has 1 aliphatic rings. The van der Waals surface area contributed by atoms with Gasteiger partial charge in [-0.2, -0.15) is 0 Å². The van der Waals surface area contributed by atoms with Gasteiger partial charge in [0.15, 0.2) is 0 Å². The van der Waals surface area contributed by atoms with Gasteiger partial charge in [-0.1, -0.05) is 20.8 Å². The highest BCUT2D eigenvalue weighted by molar-refractivity contribution is 5.04. The first-order valence-electron chi connectivity index (χ1n) is 5.64. The summed E-state index contributed by atoms with van der Waals surface area (Å²) in [6.45, 7) is 10.2. The van der Waals surface area contributed by atoms with Crippen LogP contribution in [0.25, 0.3) is 0 Å². The van der Waals surface area contributed by atoms with E-state index in [4.69, 9.17) is 4.74 Å². The Kier molecular flexibility index (Phi) is 3.21. The van der Waals surface area contributed by atoms with Crippen LogP contribution in [0.15, 0.2) is 0 Å². The van der Waals surface area contributed by atoms with Gasteiger partial charge in [0.1, 0.15) is 0 Å². The molecule has 1 fully saturated rings. The number of aliphatic hydroxyl groups is 2. The maximum absolute atomic E-state index is 10.6. The summed E-state index contributed by atoms with van der Waals surface area (Å²) in [6.07, 6.45) is 0.579. The molecule has 0 aromatic rings. The van der Waals surface area contributed by atoms with Crippen molar-refractivity contribution in [2.24, 2.45) is 11.3 Å². The molecule has 2 N–H and O–H groups in total. The lowest BCUT2D eigenvalue weighted by Crippen LogP contribution is -2.53. The maximum atomic E-state index is 10.6. The van der Waals surface area contributed by atoms with Crippen LogP contribution in [-0.4, -0.2) is 34.6 Å². The van der Waals surface area contributed by atoms with Gasteiger partial charge >= 0.3 is 0 Å². The van der Waals surface area contributed by atoms with E-state index in [1.54, 1.807) is 0 Å². The summed E-state index contributed by atoms with van der Waals surface area (Å²) < 4.78 is 5.59. The van der Waals surface area contributed by atoms with Crippen LogP contribution in [-0.2, 0) is 4.74 Å². The van der Waals surface area contributed by atoms with Crippen molar-refractivity contribution in [3.63, 3.8) is 0 Å². The third-order valence-electron chi connectivity index (χ3n) is 4.09. The molecule has 2 unspecified atom stereocenters. The minimum Gasteiger partial charge on any atom is -0.396 e. The van der Waals surface area contributed by atoms with E-state index in [0.717, 1.165) is 0 Å². The lowest BCUT2D eigenvalue weighted by Gasteiger charge is -2.44. The monoisotopic (exact) mass is 216 g/mol.